The van der Waals surface area contributed by atoms with Crippen molar-refractivity contribution in [2.75, 3.05) is 18.4 Å². The molecule has 0 aliphatic carbocycles. The van der Waals surface area contributed by atoms with E-state index in [1.165, 1.54) is 12.8 Å². The van der Waals surface area contributed by atoms with Gasteiger partial charge in [0, 0.05) is 40.5 Å². The number of fused-ring (bicyclic) bond motifs is 1. The first-order chi connectivity index (χ1) is 13.6. The van der Waals surface area contributed by atoms with Crippen molar-refractivity contribution >= 4 is 40.5 Å². The minimum Gasteiger partial charge on any atom is -0.375 e. The molecular formula is C22H21Cl2N3O. The molecule has 0 atom stereocenters. The van der Waals surface area contributed by atoms with E-state index >= 15 is 0 Å². The fraction of sp³-hybridized carbons (Fsp3) is 0.273. The topological polar surface area (TPSA) is 44.7 Å². The monoisotopic (exact) mass is 413 g/mol. The van der Waals surface area contributed by atoms with Crippen molar-refractivity contribution in [1.29, 1.82) is 0 Å². The zero-order valence-corrected chi connectivity index (χ0v) is 16.9. The summed E-state index contributed by atoms with van der Waals surface area (Å²) < 4.78 is 0. The summed E-state index contributed by atoms with van der Waals surface area (Å²) in [5, 5.41) is 4.13. The normalized spacial score (nSPS) is 18.8. The molecule has 28 heavy (non-hydrogen) atoms. The van der Waals surface area contributed by atoms with Crippen LogP contribution in [0.25, 0.3) is 0 Å². The Balaban J connectivity index is 1.85. The number of likely N-dealkylation sites (tertiary alicyclic amines) is 1. The number of carbonyl (C=O) groups is 1. The summed E-state index contributed by atoms with van der Waals surface area (Å²) in [5.41, 5.74) is 3.22. The number of carbonyl (C=O) groups excluding carboxylic acids is 1. The van der Waals surface area contributed by atoms with Crippen LogP contribution < -0.4 is 5.32 Å². The fourth-order valence-corrected chi connectivity index (χ4v) is 3.98. The van der Waals surface area contributed by atoms with Crippen LogP contribution in [0.15, 0.2) is 59.4 Å². The van der Waals surface area contributed by atoms with Crippen molar-refractivity contribution in [3.05, 3.63) is 75.5 Å². The summed E-state index contributed by atoms with van der Waals surface area (Å²) in [6.07, 6.45) is 6.59. The number of benzene rings is 2. The molecule has 2 aromatic carbocycles. The first-order valence-corrected chi connectivity index (χ1v) is 10.3. The highest BCUT2D eigenvalue weighted by Gasteiger charge is 2.24. The lowest BCUT2D eigenvalue weighted by Gasteiger charge is -2.18. The molecule has 144 valence electrons. The van der Waals surface area contributed by atoms with Crippen LogP contribution in [0.2, 0.25) is 10.0 Å². The first-order valence-electron chi connectivity index (χ1n) is 9.52. The van der Waals surface area contributed by atoms with Gasteiger partial charge in [0.2, 0.25) is 0 Å². The third-order valence-corrected chi connectivity index (χ3v) is 5.59. The summed E-state index contributed by atoms with van der Waals surface area (Å²) >= 11 is 12.7. The highest BCUT2D eigenvalue weighted by molar-refractivity contribution is 6.37. The van der Waals surface area contributed by atoms with E-state index in [2.05, 4.69) is 10.2 Å². The lowest BCUT2D eigenvalue weighted by atomic mass is 10.0. The van der Waals surface area contributed by atoms with Crippen molar-refractivity contribution in [3.63, 3.8) is 0 Å². The maximum Gasteiger partial charge on any atom is 0.275 e. The van der Waals surface area contributed by atoms with Crippen molar-refractivity contribution < 1.29 is 4.79 Å². The Morgan fingerprint density at radius 2 is 1.71 bits per heavy atom. The maximum atomic E-state index is 12.9. The summed E-state index contributed by atoms with van der Waals surface area (Å²) in [4.78, 5) is 19.9. The first kappa shape index (κ1) is 19.0. The molecule has 0 unspecified atom stereocenters. The van der Waals surface area contributed by atoms with E-state index in [4.69, 9.17) is 28.2 Å². The molecule has 0 bridgehead atoms. The Labute approximate surface area is 174 Å². The number of amides is 1. The molecule has 1 amide bonds. The molecule has 4 nitrogen and oxygen atoms in total. The van der Waals surface area contributed by atoms with Gasteiger partial charge in [0.05, 0.1) is 11.4 Å². The Morgan fingerprint density at radius 3 is 2.46 bits per heavy atom. The number of halogens is 2. The second-order valence-corrected chi connectivity index (χ2v) is 7.89. The van der Waals surface area contributed by atoms with Crippen LogP contribution in [0.5, 0.6) is 0 Å². The molecular weight excluding hydrogens is 393 g/mol. The van der Waals surface area contributed by atoms with Gasteiger partial charge in [-0.2, -0.15) is 0 Å². The minimum absolute atomic E-state index is 0.227. The number of nitrogens with one attached hydrogen (secondary N) is 1. The quantitative estimate of drug-likeness (QED) is 0.660. The lowest BCUT2D eigenvalue weighted by Crippen LogP contribution is -2.21. The lowest BCUT2D eigenvalue weighted by molar-refractivity contribution is -0.112. The van der Waals surface area contributed by atoms with Gasteiger partial charge in [0.15, 0.2) is 0 Å². The summed E-state index contributed by atoms with van der Waals surface area (Å²) in [5.74, 6) is -0.227. The molecule has 1 saturated heterocycles. The molecule has 2 aliphatic rings. The van der Waals surface area contributed by atoms with Crippen molar-refractivity contribution in [2.45, 2.75) is 25.7 Å². The molecule has 0 radical (unpaired) electrons. The van der Waals surface area contributed by atoms with Crippen LogP contribution >= 0.6 is 23.2 Å². The van der Waals surface area contributed by atoms with E-state index in [0.717, 1.165) is 37.1 Å². The van der Waals surface area contributed by atoms with Crippen molar-refractivity contribution in [2.24, 2.45) is 4.99 Å². The van der Waals surface area contributed by atoms with Crippen molar-refractivity contribution in [1.82, 2.24) is 4.90 Å². The van der Waals surface area contributed by atoms with Gasteiger partial charge < -0.3 is 10.2 Å². The third-order valence-electron chi connectivity index (χ3n) is 5.02. The average Bonchev–Trinajstić information content (AvgIpc) is 3.01. The molecule has 2 heterocycles. The number of hydrogen-bond donors (Lipinski definition) is 1. The summed E-state index contributed by atoms with van der Waals surface area (Å²) in [7, 11) is 0. The van der Waals surface area contributed by atoms with E-state index in [9.17, 15) is 4.79 Å². The van der Waals surface area contributed by atoms with E-state index in [1.807, 2.05) is 36.5 Å². The van der Waals surface area contributed by atoms with Gasteiger partial charge >= 0.3 is 0 Å². The minimum atomic E-state index is -0.227. The Morgan fingerprint density at radius 1 is 0.964 bits per heavy atom. The van der Waals surface area contributed by atoms with Gasteiger partial charge in [-0.1, -0.05) is 54.2 Å². The van der Waals surface area contributed by atoms with E-state index in [0.29, 0.717) is 27.1 Å². The van der Waals surface area contributed by atoms with Crippen molar-refractivity contribution in [3.8, 4) is 0 Å². The highest BCUT2D eigenvalue weighted by Crippen LogP contribution is 2.30. The number of rotatable bonds is 2. The molecule has 2 aromatic rings. The summed E-state index contributed by atoms with van der Waals surface area (Å²) in [6.45, 7) is 1.87. The smallest absolute Gasteiger partial charge is 0.275 e. The van der Waals surface area contributed by atoms with E-state index in [-0.39, 0.29) is 5.91 Å². The molecule has 0 saturated carbocycles. The van der Waals surface area contributed by atoms with E-state index in [1.54, 1.807) is 12.1 Å². The third kappa shape index (κ3) is 4.08. The average molecular weight is 414 g/mol. The van der Waals surface area contributed by atoms with Crippen LogP contribution in [-0.4, -0.2) is 29.6 Å². The number of aliphatic imine (C=N–C) groups is 1. The zero-order chi connectivity index (χ0) is 19.5. The zero-order valence-electron chi connectivity index (χ0n) is 15.4. The van der Waals surface area contributed by atoms with E-state index < -0.39 is 0 Å². The van der Waals surface area contributed by atoms with Gasteiger partial charge in [-0.05, 0) is 37.1 Å². The summed E-state index contributed by atoms with van der Waals surface area (Å²) in [6, 6.07) is 12.9. The van der Waals surface area contributed by atoms with Crippen LogP contribution in [0.4, 0.5) is 5.69 Å². The Bertz CT molecular complexity index is 960. The molecule has 4 rings (SSSR count). The Hall–Kier alpha value is -2.30. The number of benzodiazepines with no additional fused rings is 1. The van der Waals surface area contributed by atoms with Gasteiger partial charge in [0.1, 0.15) is 5.70 Å². The van der Waals surface area contributed by atoms with Gasteiger partial charge in [-0.3, -0.25) is 4.79 Å². The number of anilines is 1. The second-order valence-electron chi connectivity index (χ2n) is 7.05. The molecule has 1 fully saturated rings. The highest BCUT2D eigenvalue weighted by atomic mass is 35.5. The van der Waals surface area contributed by atoms with Gasteiger partial charge in [-0.25, -0.2) is 4.99 Å². The van der Waals surface area contributed by atoms with Crippen LogP contribution in [0.3, 0.4) is 0 Å². The predicted molar refractivity (Wildman–Crippen MR) is 115 cm³/mol. The molecule has 6 heteroatoms. The largest absolute Gasteiger partial charge is 0.375 e. The van der Waals surface area contributed by atoms with Gasteiger partial charge in [-0.15, -0.1) is 0 Å². The predicted octanol–water partition coefficient (Wildman–Crippen LogP) is 5.50. The molecule has 1 N–H and O–H groups in total. The van der Waals surface area contributed by atoms with Crippen LogP contribution in [-0.2, 0) is 4.79 Å². The molecule has 2 aliphatic heterocycles. The second kappa shape index (κ2) is 8.38. The molecule has 0 aromatic heterocycles. The molecule has 0 spiro atoms. The van der Waals surface area contributed by atoms with Gasteiger partial charge in [0.25, 0.3) is 5.91 Å². The SMILES string of the molecule is O=C1Nc2ccc(Cl)cc2C(c2ccccc2Cl)=NC1=CN1CCCCCC1. The standard InChI is InChI=1S/C22H21Cl2N3O/c23-15-9-10-19-17(13-15)21(16-7-3-4-8-18(16)24)25-20(22(28)26-19)14-27-11-5-1-2-6-12-27/h3-4,7-10,13-14H,1-2,5-6,11-12H2,(H,26,28). The maximum absolute atomic E-state index is 12.9. The number of nitrogens with zero attached hydrogens (tertiary/aromatic N) is 2. The number of hydrogen-bond acceptors (Lipinski definition) is 3. The van der Waals surface area contributed by atoms with Crippen LogP contribution in [0, 0.1) is 0 Å². The van der Waals surface area contributed by atoms with Crippen LogP contribution in [0.1, 0.15) is 36.8 Å². The Kier molecular flexibility index (Phi) is 5.69. The fourth-order valence-electron chi connectivity index (χ4n) is 3.58.